The number of hydrogen-bond acceptors (Lipinski definition) is 6. The molecule has 0 saturated carbocycles. The van der Waals surface area contributed by atoms with E-state index in [1.807, 2.05) is 84.9 Å². The van der Waals surface area contributed by atoms with Crippen LogP contribution in [0, 0.1) is 17.9 Å². The second-order valence-electron chi connectivity index (χ2n) is 13.5. The molecule has 0 N–H and O–H groups in total. The summed E-state index contributed by atoms with van der Waals surface area (Å²) in [5.41, 5.74) is 9.68. The summed E-state index contributed by atoms with van der Waals surface area (Å²) in [5, 5.41) is 9.66. The zero-order chi connectivity index (χ0) is 36.1. The van der Waals surface area contributed by atoms with E-state index < -0.39 is 0 Å². The van der Waals surface area contributed by atoms with Gasteiger partial charge in [0, 0.05) is 28.9 Å². The summed E-state index contributed by atoms with van der Waals surface area (Å²) >= 11 is 0. The van der Waals surface area contributed by atoms with Gasteiger partial charge < -0.3 is 9.64 Å². The summed E-state index contributed by atoms with van der Waals surface area (Å²) in [4.78, 5) is 15.8. The minimum atomic E-state index is -0.245. The number of aromatic nitrogens is 1. The Morgan fingerprint density at radius 2 is 1.06 bits per heavy atom. The van der Waals surface area contributed by atoms with Crippen molar-refractivity contribution in [2.75, 3.05) is 14.7 Å². The van der Waals surface area contributed by atoms with Gasteiger partial charge in [-0.1, -0.05) is 86.6 Å². The van der Waals surface area contributed by atoms with Gasteiger partial charge in [0.15, 0.2) is 17.2 Å². The number of para-hydroxylation sites is 6. The van der Waals surface area contributed by atoms with Crippen LogP contribution in [0.1, 0.15) is 30.5 Å². The molecule has 6 aromatic carbocycles. The molecule has 0 radical (unpaired) electrons. The summed E-state index contributed by atoms with van der Waals surface area (Å²) in [5.74, 6) is 2.88. The molecule has 2 aliphatic rings. The van der Waals surface area contributed by atoms with Crippen molar-refractivity contribution in [2.24, 2.45) is 0 Å². The normalized spacial score (nSPS) is 13.3. The molecule has 0 saturated heterocycles. The first-order valence-electron chi connectivity index (χ1n) is 17.4. The maximum Gasteiger partial charge on any atom is 0.187 e. The molecular formula is C46H32N6O. The van der Waals surface area contributed by atoms with Crippen LogP contribution in [0.25, 0.3) is 4.85 Å². The SMILES string of the molecule is [C-]#[N+]c1ccc(N(c2ccc(C#N)cc2)c2cc(N3c4ccccc4Oc4ccccc43)nc(N3c4ccccc4C(C)(C)c4ccccc43)c2)cc1. The van der Waals surface area contributed by atoms with Gasteiger partial charge in [-0.25, -0.2) is 9.83 Å². The first kappa shape index (κ1) is 31.6. The third-order valence-corrected chi connectivity index (χ3v) is 10.1. The largest absolute Gasteiger partial charge is 0.453 e. The fourth-order valence-corrected chi connectivity index (χ4v) is 7.52. The van der Waals surface area contributed by atoms with Crippen LogP contribution in [0.5, 0.6) is 11.5 Å². The van der Waals surface area contributed by atoms with Crippen LogP contribution < -0.4 is 19.4 Å². The zero-order valence-corrected chi connectivity index (χ0v) is 29.1. The van der Waals surface area contributed by atoms with Gasteiger partial charge in [0.1, 0.15) is 11.6 Å². The lowest BCUT2D eigenvalue weighted by Crippen LogP contribution is -2.31. The zero-order valence-electron chi connectivity index (χ0n) is 29.1. The maximum absolute atomic E-state index is 9.66. The quantitative estimate of drug-likeness (QED) is 0.168. The van der Waals surface area contributed by atoms with E-state index in [1.165, 1.54) is 11.1 Å². The van der Waals surface area contributed by atoms with Crippen LogP contribution >= 0.6 is 0 Å². The topological polar surface area (TPSA) is 60.0 Å². The van der Waals surface area contributed by atoms with Crippen molar-refractivity contribution in [3.05, 3.63) is 186 Å². The predicted octanol–water partition coefficient (Wildman–Crippen LogP) is 12.7. The monoisotopic (exact) mass is 684 g/mol. The Morgan fingerprint density at radius 1 is 0.604 bits per heavy atom. The van der Waals surface area contributed by atoms with Gasteiger partial charge in [0.25, 0.3) is 0 Å². The molecule has 7 nitrogen and oxygen atoms in total. The lowest BCUT2D eigenvalue weighted by molar-refractivity contribution is 0.476. The van der Waals surface area contributed by atoms with Gasteiger partial charge in [-0.15, -0.1) is 0 Å². The summed E-state index contributed by atoms with van der Waals surface area (Å²) in [7, 11) is 0. The second kappa shape index (κ2) is 12.5. The summed E-state index contributed by atoms with van der Waals surface area (Å²) in [6, 6.07) is 54.7. The number of benzene rings is 6. The molecule has 0 unspecified atom stereocenters. The molecule has 7 aromatic rings. The summed E-state index contributed by atoms with van der Waals surface area (Å²) in [6.07, 6.45) is 0. The van der Waals surface area contributed by atoms with E-state index in [4.69, 9.17) is 16.3 Å². The van der Waals surface area contributed by atoms with E-state index in [1.54, 1.807) is 0 Å². The number of ether oxygens (including phenoxy) is 1. The molecule has 9 rings (SSSR count). The van der Waals surface area contributed by atoms with Gasteiger partial charge in [-0.05, 0) is 83.9 Å². The highest BCUT2D eigenvalue weighted by Crippen LogP contribution is 2.54. The molecule has 0 bridgehead atoms. The van der Waals surface area contributed by atoms with E-state index in [2.05, 4.69) is 112 Å². The van der Waals surface area contributed by atoms with Gasteiger partial charge in [-0.2, -0.15) is 5.26 Å². The lowest BCUT2D eigenvalue weighted by Gasteiger charge is -2.42. The van der Waals surface area contributed by atoms with Gasteiger partial charge >= 0.3 is 0 Å². The number of hydrogen-bond donors (Lipinski definition) is 0. The molecule has 2 aliphatic heterocycles. The van der Waals surface area contributed by atoms with Gasteiger partial charge in [0.05, 0.1) is 46.6 Å². The average Bonchev–Trinajstić information content (AvgIpc) is 3.20. The van der Waals surface area contributed by atoms with Crippen molar-refractivity contribution < 1.29 is 4.74 Å². The number of nitriles is 1. The van der Waals surface area contributed by atoms with Crippen molar-refractivity contribution in [3.8, 4) is 17.6 Å². The molecule has 0 aliphatic carbocycles. The Morgan fingerprint density at radius 3 is 1.57 bits per heavy atom. The molecular weight excluding hydrogens is 653 g/mol. The van der Waals surface area contributed by atoms with Crippen LogP contribution in [0.4, 0.5) is 57.1 Å². The fourth-order valence-electron chi connectivity index (χ4n) is 7.52. The first-order valence-corrected chi connectivity index (χ1v) is 17.4. The highest BCUT2D eigenvalue weighted by molar-refractivity contribution is 5.91. The van der Waals surface area contributed by atoms with Crippen LogP contribution in [0.2, 0.25) is 0 Å². The van der Waals surface area contributed by atoms with E-state index >= 15 is 0 Å². The van der Waals surface area contributed by atoms with Crippen molar-refractivity contribution in [3.63, 3.8) is 0 Å². The summed E-state index contributed by atoms with van der Waals surface area (Å²) in [6.45, 7) is 12.1. The third kappa shape index (κ3) is 5.23. The fraction of sp³-hybridized carbons (Fsp3) is 0.0652. The molecule has 0 spiro atoms. The number of fused-ring (bicyclic) bond motifs is 4. The molecule has 252 valence electrons. The molecule has 3 heterocycles. The number of nitrogens with zero attached hydrogens (tertiary/aromatic N) is 6. The number of rotatable bonds is 5. The van der Waals surface area contributed by atoms with Crippen molar-refractivity contribution in [1.82, 2.24) is 4.98 Å². The second-order valence-corrected chi connectivity index (χ2v) is 13.5. The predicted molar refractivity (Wildman–Crippen MR) is 211 cm³/mol. The minimum Gasteiger partial charge on any atom is -0.453 e. The molecule has 53 heavy (non-hydrogen) atoms. The average molecular weight is 685 g/mol. The van der Waals surface area contributed by atoms with Crippen LogP contribution in [-0.2, 0) is 5.41 Å². The Kier molecular flexibility index (Phi) is 7.43. The smallest absolute Gasteiger partial charge is 0.187 e. The Balaban J connectivity index is 1.35. The van der Waals surface area contributed by atoms with Crippen molar-refractivity contribution in [1.29, 1.82) is 5.26 Å². The van der Waals surface area contributed by atoms with Gasteiger partial charge in [-0.3, -0.25) is 9.80 Å². The maximum atomic E-state index is 9.66. The molecule has 7 heteroatoms. The molecule has 1 aromatic heterocycles. The molecule has 0 amide bonds. The van der Waals surface area contributed by atoms with Gasteiger partial charge in [0.2, 0.25) is 0 Å². The Labute approximate surface area is 308 Å². The Bertz CT molecular complexity index is 2460. The van der Waals surface area contributed by atoms with E-state index in [0.717, 1.165) is 57.1 Å². The number of pyridine rings is 1. The van der Waals surface area contributed by atoms with E-state index in [0.29, 0.717) is 17.1 Å². The third-order valence-electron chi connectivity index (χ3n) is 10.1. The highest BCUT2D eigenvalue weighted by Gasteiger charge is 2.38. The first-order chi connectivity index (χ1) is 25.9. The number of anilines is 9. The minimum absolute atomic E-state index is 0.245. The molecule has 0 atom stereocenters. The molecule has 0 fully saturated rings. The van der Waals surface area contributed by atoms with Crippen molar-refractivity contribution >= 4 is 57.1 Å². The van der Waals surface area contributed by atoms with E-state index in [9.17, 15) is 5.26 Å². The van der Waals surface area contributed by atoms with Crippen LogP contribution in [0.3, 0.4) is 0 Å². The standard InChI is InChI=1S/C46H32N6O/c1-46(2)36-12-4-6-14-38(36)51(39-15-7-5-13-37(39)46)44-28-35(50(33-24-20-31(30-47)21-25-33)34-26-22-32(48-3)23-27-34)29-45(49-44)52-40-16-8-10-18-42(40)53-43-19-11-9-17-41(43)52/h4-29H,1-2H3. The van der Waals surface area contributed by atoms with Crippen LogP contribution in [-0.4, -0.2) is 4.98 Å². The van der Waals surface area contributed by atoms with Crippen LogP contribution in [0.15, 0.2) is 158 Å². The lowest BCUT2D eigenvalue weighted by atomic mass is 9.73. The van der Waals surface area contributed by atoms with Crippen molar-refractivity contribution in [2.45, 2.75) is 19.3 Å². The summed E-state index contributed by atoms with van der Waals surface area (Å²) < 4.78 is 6.41. The Hall–Kier alpha value is -7.35. The van der Waals surface area contributed by atoms with E-state index in [-0.39, 0.29) is 5.41 Å². The highest BCUT2D eigenvalue weighted by atomic mass is 16.5.